The number of hydrogen-bond donors (Lipinski definition) is 0. The summed E-state index contributed by atoms with van der Waals surface area (Å²) in [5, 5.41) is 0. The lowest BCUT2D eigenvalue weighted by Gasteiger charge is -2.40. The Bertz CT molecular complexity index is 1380. The number of anilines is 1. The van der Waals surface area contributed by atoms with Gasteiger partial charge in [-0.25, -0.2) is 0 Å². The monoisotopic (exact) mass is 650 g/mol. The summed E-state index contributed by atoms with van der Waals surface area (Å²) in [7, 11) is 5.57. The minimum Gasteiger partial charge on any atom is -0.497 e. The molecule has 1 unspecified atom stereocenters. The highest BCUT2D eigenvalue weighted by Gasteiger charge is 2.49. The zero-order valence-corrected chi connectivity index (χ0v) is 27.2. The lowest BCUT2D eigenvalue weighted by molar-refractivity contribution is -0.194. The molecule has 0 saturated heterocycles. The van der Waals surface area contributed by atoms with Gasteiger partial charge in [-0.2, -0.15) is 4.89 Å². The molecule has 1 amide bonds. The second-order valence-electron chi connectivity index (χ2n) is 9.94. The van der Waals surface area contributed by atoms with Gasteiger partial charge in [0, 0.05) is 35.7 Å². The maximum atomic E-state index is 13.8. The fourth-order valence-corrected chi connectivity index (χ4v) is 7.41. The Morgan fingerprint density at radius 2 is 1.81 bits per heavy atom. The van der Waals surface area contributed by atoms with Crippen molar-refractivity contribution in [2.24, 2.45) is 0 Å². The number of hydrogen-bond acceptors (Lipinski definition) is 9. The van der Waals surface area contributed by atoms with Crippen molar-refractivity contribution in [3.05, 3.63) is 71.8 Å². The van der Waals surface area contributed by atoms with Crippen LogP contribution in [-0.4, -0.2) is 70.0 Å². The third-order valence-electron chi connectivity index (χ3n) is 7.23. The quantitative estimate of drug-likeness (QED) is 0.174. The van der Waals surface area contributed by atoms with Crippen LogP contribution in [0.5, 0.6) is 23.0 Å². The molecular formula is C31H39ClN2O7S2. The van der Waals surface area contributed by atoms with E-state index in [4.69, 9.17) is 24.0 Å². The van der Waals surface area contributed by atoms with Gasteiger partial charge in [0.15, 0.2) is 9.83 Å². The molecular weight excluding hydrogens is 612 g/mol. The van der Waals surface area contributed by atoms with Gasteiger partial charge in [-0.05, 0) is 75.2 Å². The Kier molecular flexibility index (Phi) is 12.7. The maximum absolute atomic E-state index is 13.8. The topological polar surface area (TPSA) is 101 Å². The second kappa shape index (κ2) is 15.8. The molecule has 12 heteroatoms. The Balaban J connectivity index is 0.00000253. The van der Waals surface area contributed by atoms with Crippen molar-refractivity contribution in [2.45, 2.75) is 28.4 Å². The predicted molar refractivity (Wildman–Crippen MR) is 174 cm³/mol. The van der Waals surface area contributed by atoms with Gasteiger partial charge in [-0.15, -0.1) is 24.2 Å². The van der Waals surface area contributed by atoms with E-state index >= 15 is 0 Å². The van der Waals surface area contributed by atoms with E-state index in [1.807, 2.05) is 67.9 Å². The Labute approximate surface area is 267 Å². The number of likely N-dealkylation sites (N-methyl/N-ethyl adjacent to an activating group) is 2. The van der Waals surface area contributed by atoms with Crippen LogP contribution in [0.1, 0.15) is 24.0 Å². The van der Waals surface area contributed by atoms with Crippen molar-refractivity contribution in [3.8, 4) is 23.0 Å². The highest BCUT2D eigenvalue weighted by atomic mass is 35.5. The molecule has 1 atom stereocenters. The van der Waals surface area contributed by atoms with Crippen molar-refractivity contribution >= 4 is 47.5 Å². The predicted octanol–water partition coefficient (Wildman–Crippen LogP) is 5.57. The van der Waals surface area contributed by atoms with E-state index in [1.165, 1.54) is 11.8 Å². The summed E-state index contributed by atoms with van der Waals surface area (Å²) in [5.74, 6) is 2.91. The summed E-state index contributed by atoms with van der Waals surface area (Å²) in [6, 6.07) is 19.5. The Hall–Kier alpha value is -2.80. The van der Waals surface area contributed by atoms with E-state index in [9.17, 15) is 4.79 Å². The number of para-hydroxylation sites is 1. The summed E-state index contributed by atoms with van der Waals surface area (Å²) in [4.78, 5) is 29.0. The summed E-state index contributed by atoms with van der Waals surface area (Å²) < 4.78 is 16.9. The van der Waals surface area contributed by atoms with Gasteiger partial charge in [-0.3, -0.25) is 4.79 Å². The first-order chi connectivity index (χ1) is 19.9. The molecule has 5 rings (SSSR count). The summed E-state index contributed by atoms with van der Waals surface area (Å²) >= 11 is 3.09. The van der Waals surface area contributed by atoms with Crippen molar-refractivity contribution in [1.29, 1.82) is 0 Å². The van der Waals surface area contributed by atoms with Crippen molar-refractivity contribution < 1.29 is 34.3 Å². The molecule has 0 fully saturated rings. The van der Waals surface area contributed by atoms with Gasteiger partial charge in [-0.1, -0.05) is 23.9 Å². The molecule has 2 N–H and O–H groups in total. The molecule has 0 bridgehead atoms. The number of nitrogens with zero attached hydrogens (tertiary/aromatic N) is 2. The van der Waals surface area contributed by atoms with E-state index < -0.39 is 4.08 Å². The number of thioether (sulfide) groups is 2. The SMILES string of the molecule is COc1ccc(OCCCCN(C)CCOc2ccc3c(c2)OOC3)c(C2(SC)Sc3ccccc3N(C)C2=O)c1.Cl.O. The Morgan fingerprint density at radius 1 is 1.02 bits per heavy atom. The molecule has 0 aliphatic carbocycles. The van der Waals surface area contributed by atoms with Crippen LogP contribution < -0.4 is 24.0 Å². The van der Waals surface area contributed by atoms with Crippen LogP contribution in [0.4, 0.5) is 5.69 Å². The highest BCUT2D eigenvalue weighted by Crippen LogP contribution is 2.58. The molecule has 234 valence electrons. The zero-order chi connectivity index (χ0) is 28.8. The lowest BCUT2D eigenvalue weighted by Crippen LogP contribution is -2.44. The highest BCUT2D eigenvalue weighted by molar-refractivity contribution is 8.18. The van der Waals surface area contributed by atoms with Gasteiger partial charge in [0.2, 0.25) is 0 Å². The number of carbonyl (C=O) groups excluding carboxylic acids is 1. The van der Waals surface area contributed by atoms with E-state index in [2.05, 4.69) is 18.0 Å². The molecule has 2 aliphatic heterocycles. The zero-order valence-electron chi connectivity index (χ0n) is 24.8. The average Bonchev–Trinajstić information content (AvgIpc) is 3.47. The van der Waals surface area contributed by atoms with Crippen LogP contribution in [0.3, 0.4) is 0 Å². The number of fused-ring (bicyclic) bond motifs is 2. The summed E-state index contributed by atoms with van der Waals surface area (Å²) in [6.07, 6.45) is 3.83. The minimum absolute atomic E-state index is 0. The molecule has 0 spiro atoms. The first-order valence-electron chi connectivity index (χ1n) is 13.6. The molecule has 0 aromatic heterocycles. The van der Waals surface area contributed by atoms with E-state index in [0.717, 1.165) is 59.1 Å². The maximum Gasteiger partial charge on any atom is 0.258 e. The van der Waals surface area contributed by atoms with Crippen LogP contribution in [0.25, 0.3) is 0 Å². The summed E-state index contributed by atoms with van der Waals surface area (Å²) in [6.45, 7) is 3.35. The average molecular weight is 651 g/mol. The van der Waals surface area contributed by atoms with Gasteiger partial charge < -0.3 is 34.4 Å². The number of unbranched alkanes of at least 4 members (excludes halogenated alkanes) is 1. The summed E-state index contributed by atoms with van der Waals surface area (Å²) in [5.41, 5.74) is 2.77. The van der Waals surface area contributed by atoms with Crippen molar-refractivity contribution in [2.75, 3.05) is 58.7 Å². The normalized spacial score (nSPS) is 16.9. The first kappa shape index (κ1) is 34.7. The van der Waals surface area contributed by atoms with Gasteiger partial charge >= 0.3 is 0 Å². The van der Waals surface area contributed by atoms with Crippen LogP contribution >= 0.6 is 35.9 Å². The third-order valence-corrected chi connectivity index (χ3v) is 10.2. The largest absolute Gasteiger partial charge is 0.497 e. The standard InChI is InChI=1S/C31H36N2O6S2.ClH.H2O/c1-32(16-18-36-24-12-11-22-21-38-39-28(22)20-24)15-7-8-17-37-27-14-13-23(35-3)19-25(27)31(40-4)30(34)33(2)26-9-5-6-10-29(26)41-31;;/h5-6,9-14,19-20H,7-8,15-18,21H2,1-4H3;1H;1H2. The van der Waals surface area contributed by atoms with Crippen molar-refractivity contribution in [1.82, 2.24) is 4.90 Å². The molecule has 9 nitrogen and oxygen atoms in total. The lowest BCUT2D eigenvalue weighted by atomic mass is 10.1. The van der Waals surface area contributed by atoms with Gasteiger partial charge in [0.25, 0.3) is 5.91 Å². The van der Waals surface area contributed by atoms with Gasteiger partial charge in [0.1, 0.15) is 30.5 Å². The number of benzene rings is 3. The van der Waals surface area contributed by atoms with Crippen LogP contribution in [0.2, 0.25) is 0 Å². The smallest absolute Gasteiger partial charge is 0.258 e. The number of ether oxygens (including phenoxy) is 3. The fourth-order valence-electron chi connectivity index (χ4n) is 4.85. The molecule has 3 aromatic carbocycles. The molecule has 0 saturated carbocycles. The number of amides is 1. The van der Waals surface area contributed by atoms with Crippen LogP contribution in [0.15, 0.2) is 65.6 Å². The number of halogens is 1. The molecule has 43 heavy (non-hydrogen) atoms. The van der Waals surface area contributed by atoms with Crippen LogP contribution in [-0.2, 0) is 20.4 Å². The minimum atomic E-state index is -0.884. The van der Waals surface area contributed by atoms with Crippen molar-refractivity contribution in [3.63, 3.8) is 0 Å². The van der Waals surface area contributed by atoms with Crippen LogP contribution in [0, 0.1) is 0 Å². The number of methoxy groups -OCH3 is 1. The molecule has 3 aromatic rings. The van der Waals surface area contributed by atoms with E-state index in [0.29, 0.717) is 31.3 Å². The fraction of sp³-hybridized carbons (Fsp3) is 0.387. The molecule has 2 heterocycles. The Morgan fingerprint density at radius 3 is 2.60 bits per heavy atom. The number of carbonyl (C=O) groups is 1. The third kappa shape index (κ3) is 7.65. The van der Waals surface area contributed by atoms with E-state index in [-0.39, 0.29) is 23.8 Å². The number of rotatable bonds is 13. The molecule has 0 radical (unpaired) electrons. The van der Waals surface area contributed by atoms with Gasteiger partial charge in [0.05, 0.1) is 19.4 Å². The molecule has 2 aliphatic rings. The first-order valence-corrected chi connectivity index (χ1v) is 15.7. The van der Waals surface area contributed by atoms with E-state index in [1.54, 1.807) is 23.8 Å². The second-order valence-corrected chi connectivity index (χ2v) is 12.5.